The van der Waals surface area contributed by atoms with Gasteiger partial charge in [-0.05, 0) is 26.0 Å². The van der Waals surface area contributed by atoms with Crippen LogP contribution < -0.4 is 11.5 Å². The van der Waals surface area contributed by atoms with Gasteiger partial charge in [-0.15, -0.1) is 0 Å². The van der Waals surface area contributed by atoms with Crippen molar-refractivity contribution in [3.05, 3.63) is 36.5 Å². The van der Waals surface area contributed by atoms with E-state index in [1.807, 2.05) is 0 Å². The molecule has 8 heteroatoms. The van der Waals surface area contributed by atoms with Gasteiger partial charge in [-0.3, -0.25) is 9.59 Å². The lowest BCUT2D eigenvalue weighted by Crippen LogP contribution is -2.04. The van der Waals surface area contributed by atoms with E-state index in [0.717, 1.165) is 0 Å². The number of allylic oxidation sites excluding steroid dienone is 2. The van der Waals surface area contributed by atoms with Gasteiger partial charge in [0.25, 0.3) is 0 Å². The molecule has 0 heterocycles. The average molecular weight is 286 g/mol. The summed E-state index contributed by atoms with van der Waals surface area (Å²) >= 11 is 0. The molecular weight excluding hydrogens is 268 g/mol. The van der Waals surface area contributed by atoms with E-state index in [4.69, 9.17) is 10.2 Å². The van der Waals surface area contributed by atoms with Crippen molar-refractivity contribution in [2.24, 2.45) is 11.5 Å². The van der Waals surface area contributed by atoms with Gasteiger partial charge in [0.1, 0.15) is 0 Å². The molecule has 0 aromatic heterocycles. The van der Waals surface area contributed by atoms with Crippen LogP contribution in [0.15, 0.2) is 36.5 Å². The first-order valence-electron chi connectivity index (χ1n) is 5.15. The number of carbonyl (C=O) groups is 4. The number of hydrogen-bond donors (Lipinski definition) is 4. The third-order valence-corrected chi connectivity index (χ3v) is 1.03. The molecule has 0 bridgehead atoms. The van der Waals surface area contributed by atoms with Gasteiger partial charge in [0.05, 0.1) is 0 Å². The predicted molar refractivity (Wildman–Crippen MR) is 72.4 cm³/mol. The van der Waals surface area contributed by atoms with Gasteiger partial charge in [-0.25, -0.2) is 9.59 Å². The molecule has 8 nitrogen and oxygen atoms in total. The summed E-state index contributed by atoms with van der Waals surface area (Å²) in [5, 5.41) is 15.6. The highest BCUT2D eigenvalue weighted by molar-refractivity contribution is 5.89. The zero-order valence-electron chi connectivity index (χ0n) is 11.1. The second kappa shape index (κ2) is 16.1. The van der Waals surface area contributed by atoms with E-state index in [0.29, 0.717) is 12.2 Å². The van der Waals surface area contributed by atoms with E-state index in [9.17, 15) is 19.2 Å². The summed E-state index contributed by atoms with van der Waals surface area (Å²) in [7, 11) is 0. The fourth-order valence-corrected chi connectivity index (χ4v) is 0.471. The fourth-order valence-electron chi connectivity index (χ4n) is 0.471. The Bertz CT molecular complexity index is 372. The maximum absolute atomic E-state index is 9.73. The minimum atomic E-state index is -1.26. The predicted octanol–water partition coefficient (Wildman–Crippen LogP) is -0.193. The summed E-state index contributed by atoms with van der Waals surface area (Å²) in [5.41, 5.74) is 9.35. The van der Waals surface area contributed by atoms with Crippen LogP contribution >= 0.6 is 0 Å². The Morgan fingerprint density at radius 2 is 0.950 bits per heavy atom. The van der Waals surface area contributed by atoms with Gasteiger partial charge < -0.3 is 21.7 Å². The van der Waals surface area contributed by atoms with Crippen LogP contribution in [0.1, 0.15) is 13.8 Å². The summed E-state index contributed by atoms with van der Waals surface area (Å²) in [4.78, 5) is 38.6. The zero-order chi connectivity index (χ0) is 16.6. The largest absolute Gasteiger partial charge is 0.478 e. The minimum absolute atomic E-state index is 0.391. The molecule has 0 saturated carbocycles. The molecule has 112 valence electrons. The highest BCUT2D eigenvalue weighted by atomic mass is 16.4. The van der Waals surface area contributed by atoms with Gasteiger partial charge >= 0.3 is 11.9 Å². The van der Waals surface area contributed by atoms with Crippen LogP contribution in [-0.2, 0) is 19.2 Å². The topological polar surface area (TPSA) is 161 Å². The lowest BCUT2D eigenvalue weighted by atomic mass is 10.5. The van der Waals surface area contributed by atoms with E-state index in [-0.39, 0.29) is 0 Å². The molecule has 0 atom stereocenters. The average Bonchev–Trinajstić information content (AvgIpc) is 2.27. The molecular formula is C12H18N2O6. The highest BCUT2D eigenvalue weighted by Crippen LogP contribution is 1.70. The molecule has 2 amide bonds. The number of carboxylic acids is 2. The Morgan fingerprint density at radius 1 is 0.700 bits per heavy atom. The molecule has 0 rings (SSSR count). The summed E-state index contributed by atoms with van der Waals surface area (Å²) in [5.74, 6) is -3.30. The van der Waals surface area contributed by atoms with Crippen LogP contribution in [0.25, 0.3) is 0 Å². The number of aliphatic carboxylic acids is 2. The quantitative estimate of drug-likeness (QED) is 0.523. The standard InChI is InChI=1S/2C4H7NO.C4H4O4/c2*1-2-3-4(5)6;5-3(6)1-2-4(7)8/h2*2-3H,1H3,(H2,5,6);1-2H,(H,5,6)(H,7,8)/b;;2-1-. The van der Waals surface area contributed by atoms with E-state index in [1.165, 1.54) is 12.2 Å². The second-order valence-electron chi connectivity index (χ2n) is 2.81. The lowest BCUT2D eigenvalue weighted by molar-refractivity contribution is -0.134. The molecule has 0 aromatic carbocycles. The normalized spacial score (nSPS) is 9.50. The van der Waals surface area contributed by atoms with Crippen molar-refractivity contribution in [2.45, 2.75) is 13.8 Å². The summed E-state index contributed by atoms with van der Waals surface area (Å²) in [6.45, 7) is 3.48. The third kappa shape index (κ3) is 45.8. The number of nitrogens with two attached hydrogens (primary N) is 2. The van der Waals surface area contributed by atoms with Gasteiger partial charge in [-0.2, -0.15) is 0 Å². The second-order valence-corrected chi connectivity index (χ2v) is 2.81. The molecule has 20 heavy (non-hydrogen) atoms. The van der Waals surface area contributed by atoms with Crippen LogP contribution in [0.3, 0.4) is 0 Å². The maximum Gasteiger partial charge on any atom is 0.328 e. The zero-order valence-corrected chi connectivity index (χ0v) is 11.1. The smallest absolute Gasteiger partial charge is 0.328 e. The van der Waals surface area contributed by atoms with Gasteiger partial charge in [0.15, 0.2) is 0 Å². The minimum Gasteiger partial charge on any atom is -0.478 e. The van der Waals surface area contributed by atoms with Crippen molar-refractivity contribution in [3.8, 4) is 0 Å². The Labute approximate surface area is 116 Å². The Morgan fingerprint density at radius 3 is 1.00 bits per heavy atom. The molecule has 0 fully saturated rings. The molecule has 0 unspecified atom stereocenters. The first-order valence-corrected chi connectivity index (χ1v) is 5.15. The van der Waals surface area contributed by atoms with Crippen molar-refractivity contribution >= 4 is 23.8 Å². The molecule has 0 aliphatic rings. The maximum atomic E-state index is 9.73. The van der Waals surface area contributed by atoms with Crippen molar-refractivity contribution in [1.82, 2.24) is 0 Å². The number of hydrogen-bond acceptors (Lipinski definition) is 4. The van der Waals surface area contributed by atoms with E-state index >= 15 is 0 Å². The molecule has 0 aliphatic heterocycles. The van der Waals surface area contributed by atoms with Crippen molar-refractivity contribution in [3.63, 3.8) is 0 Å². The number of amides is 2. The Hall–Kier alpha value is -2.90. The molecule has 0 saturated heterocycles. The number of primary amides is 2. The van der Waals surface area contributed by atoms with E-state index < -0.39 is 23.8 Å². The van der Waals surface area contributed by atoms with E-state index in [2.05, 4.69) is 11.5 Å². The number of rotatable bonds is 4. The Balaban J connectivity index is -0.000000221. The first-order chi connectivity index (χ1) is 9.17. The summed E-state index contributed by atoms with van der Waals surface area (Å²) in [6, 6.07) is 0. The number of carbonyl (C=O) groups excluding carboxylic acids is 2. The molecule has 6 N–H and O–H groups in total. The summed E-state index contributed by atoms with van der Waals surface area (Å²) in [6.07, 6.45) is 6.93. The molecule has 0 spiro atoms. The molecule has 0 aliphatic carbocycles. The molecule has 0 radical (unpaired) electrons. The van der Waals surface area contributed by atoms with E-state index in [1.54, 1.807) is 26.0 Å². The lowest BCUT2D eigenvalue weighted by Gasteiger charge is -1.74. The van der Waals surface area contributed by atoms with Crippen molar-refractivity contribution < 1.29 is 29.4 Å². The van der Waals surface area contributed by atoms with Crippen LogP contribution in [0, 0.1) is 0 Å². The van der Waals surface area contributed by atoms with Crippen molar-refractivity contribution in [1.29, 1.82) is 0 Å². The first kappa shape index (κ1) is 22.3. The number of carboxylic acid groups (broad SMARTS) is 2. The van der Waals surface area contributed by atoms with Gasteiger partial charge in [-0.1, -0.05) is 12.2 Å². The Kier molecular flexibility index (Phi) is 17.9. The van der Waals surface area contributed by atoms with Crippen LogP contribution in [-0.4, -0.2) is 34.0 Å². The monoisotopic (exact) mass is 286 g/mol. The van der Waals surface area contributed by atoms with Gasteiger partial charge in [0.2, 0.25) is 11.8 Å². The third-order valence-electron chi connectivity index (χ3n) is 1.03. The highest BCUT2D eigenvalue weighted by Gasteiger charge is 1.88. The van der Waals surface area contributed by atoms with Crippen LogP contribution in [0.4, 0.5) is 0 Å². The van der Waals surface area contributed by atoms with Crippen LogP contribution in [0.2, 0.25) is 0 Å². The molecule has 0 aromatic rings. The van der Waals surface area contributed by atoms with Crippen LogP contribution in [0.5, 0.6) is 0 Å². The summed E-state index contributed by atoms with van der Waals surface area (Å²) < 4.78 is 0. The van der Waals surface area contributed by atoms with Gasteiger partial charge in [0, 0.05) is 12.2 Å². The fraction of sp³-hybridized carbons (Fsp3) is 0.167. The van der Waals surface area contributed by atoms with Crippen molar-refractivity contribution in [2.75, 3.05) is 0 Å². The SMILES string of the molecule is CC=CC(N)=O.CC=CC(N)=O.O=C(O)/C=C\C(=O)O.